The van der Waals surface area contributed by atoms with Crippen molar-refractivity contribution in [3.05, 3.63) is 39.9 Å². The summed E-state index contributed by atoms with van der Waals surface area (Å²) in [4.78, 5) is 17.9. The van der Waals surface area contributed by atoms with Gasteiger partial charge < -0.3 is 4.90 Å². The highest BCUT2D eigenvalue weighted by atomic mass is 32.2. The van der Waals surface area contributed by atoms with Gasteiger partial charge in [-0.2, -0.15) is 0 Å². The number of aryl methyl sites for hydroxylation is 1. The lowest BCUT2D eigenvalue weighted by molar-refractivity contribution is 0.140. The van der Waals surface area contributed by atoms with E-state index in [2.05, 4.69) is 56.6 Å². The summed E-state index contributed by atoms with van der Waals surface area (Å²) in [7, 11) is -2.74. The van der Waals surface area contributed by atoms with E-state index in [-0.39, 0.29) is 0 Å². The summed E-state index contributed by atoms with van der Waals surface area (Å²) >= 11 is 1.73. The van der Waals surface area contributed by atoms with Gasteiger partial charge in [0, 0.05) is 49.6 Å². The van der Waals surface area contributed by atoms with E-state index in [0.29, 0.717) is 16.9 Å². The van der Waals surface area contributed by atoms with E-state index in [4.69, 9.17) is 4.78 Å². The molecule has 156 valence electrons. The first-order valence-corrected chi connectivity index (χ1v) is 12.3. The van der Waals surface area contributed by atoms with Crippen LogP contribution in [-0.2, 0) is 9.73 Å². The van der Waals surface area contributed by atoms with E-state index in [1.807, 2.05) is 6.92 Å². The third-order valence-electron chi connectivity index (χ3n) is 5.26. The first-order chi connectivity index (χ1) is 13.7. The molecule has 9 heteroatoms. The molecule has 0 aliphatic carbocycles. The number of thiazole rings is 1. The molecule has 7 nitrogen and oxygen atoms in total. The van der Waals surface area contributed by atoms with E-state index in [1.165, 1.54) is 22.7 Å². The Hall–Kier alpha value is -2.10. The first-order valence-electron chi connectivity index (χ1n) is 9.50. The Morgan fingerprint density at radius 2 is 2.07 bits per heavy atom. The number of fused-ring (bicyclic) bond motifs is 1. The number of hydrogen-bond donors (Lipinski definition) is 1. The number of benzene rings is 1. The van der Waals surface area contributed by atoms with Gasteiger partial charge in [0.1, 0.15) is 0 Å². The molecule has 2 aromatic rings. The van der Waals surface area contributed by atoms with Gasteiger partial charge in [0.05, 0.1) is 25.0 Å². The molecule has 1 aromatic heterocycles. The quantitative estimate of drug-likeness (QED) is 0.587. The monoisotopic (exact) mass is 432 g/mol. The fourth-order valence-electron chi connectivity index (χ4n) is 3.31. The van der Waals surface area contributed by atoms with Crippen molar-refractivity contribution < 1.29 is 4.21 Å². The first kappa shape index (κ1) is 21.6. The highest BCUT2D eigenvalue weighted by Gasteiger charge is 2.24. The van der Waals surface area contributed by atoms with Crippen molar-refractivity contribution in [1.82, 2.24) is 14.8 Å². The molecule has 1 aliphatic rings. The summed E-state index contributed by atoms with van der Waals surface area (Å²) in [5.41, 5.74) is 2.35. The van der Waals surface area contributed by atoms with Crippen molar-refractivity contribution in [2.45, 2.75) is 26.8 Å². The van der Waals surface area contributed by atoms with Crippen molar-refractivity contribution in [3.8, 4) is 0 Å². The zero-order valence-electron chi connectivity index (χ0n) is 17.4. The van der Waals surface area contributed by atoms with E-state index < -0.39 is 9.73 Å². The van der Waals surface area contributed by atoms with Crippen LogP contribution in [0.15, 0.2) is 39.3 Å². The Balaban J connectivity index is 1.67. The minimum Gasteiger partial charge on any atom is -0.338 e. The molecule has 29 heavy (non-hydrogen) atoms. The number of guanidine groups is 1. The third kappa shape index (κ3) is 5.09. The molecular weight excluding hydrogens is 404 g/mol. The van der Waals surface area contributed by atoms with Crippen LogP contribution in [0.4, 0.5) is 0 Å². The van der Waals surface area contributed by atoms with Crippen molar-refractivity contribution in [1.29, 1.82) is 4.78 Å². The molecule has 1 N–H and O–H groups in total. The molecule has 0 bridgehead atoms. The van der Waals surface area contributed by atoms with Crippen LogP contribution in [0.1, 0.15) is 30.5 Å². The van der Waals surface area contributed by atoms with Crippen LogP contribution >= 0.6 is 11.3 Å². The fourth-order valence-corrected chi connectivity index (χ4v) is 4.37. The normalized spacial score (nSPS) is 19.9. The van der Waals surface area contributed by atoms with Gasteiger partial charge in [0.2, 0.25) is 5.96 Å². The number of nitrogens with one attached hydrogen (secondary N) is 1. The van der Waals surface area contributed by atoms with Gasteiger partial charge in [0.25, 0.3) is 0 Å². The zero-order valence-corrected chi connectivity index (χ0v) is 19.0. The fraction of sp³-hybridized carbons (Fsp3) is 0.450. The van der Waals surface area contributed by atoms with E-state index >= 15 is 0 Å². The van der Waals surface area contributed by atoms with Crippen LogP contribution in [0.2, 0.25) is 0 Å². The minimum absolute atomic E-state index is 0.302. The van der Waals surface area contributed by atoms with Gasteiger partial charge in [-0.05, 0) is 45.2 Å². The maximum Gasteiger partial charge on any atom is 0.224 e. The third-order valence-corrected chi connectivity index (χ3v) is 7.55. The number of aliphatic imine (C=N–C) groups is 2. The van der Waals surface area contributed by atoms with E-state index in [1.54, 1.807) is 18.3 Å². The highest BCUT2D eigenvalue weighted by Crippen LogP contribution is 2.28. The molecule has 0 spiro atoms. The Morgan fingerprint density at radius 1 is 1.38 bits per heavy atom. The Kier molecular flexibility index (Phi) is 6.50. The molecule has 2 atom stereocenters. The lowest BCUT2D eigenvalue weighted by Gasteiger charge is -2.38. The standard InChI is InChI=1S/C20H28N6OS2/c1-14(29(5,21)27)13-23-20(22-4)26-10-8-25(9-11-26)15(2)17-6-7-19-18(12-17)24-16(3)28-19/h6-7,12-13,15,21H,4,8-11H2,1-3,5H3/b14-13+,23-20+. The topological polar surface area (TPSA) is 85.0 Å². The molecule has 1 fully saturated rings. The summed E-state index contributed by atoms with van der Waals surface area (Å²) in [5.74, 6) is 0.514. The Morgan fingerprint density at radius 3 is 2.69 bits per heavy atom. The number of allylic oxidation sites excluding steroid dienone is 1. The Labute approximate surface area is 176 Å². The summed E-state index contributed by atoms with van der Waals surface area (Å²) in [5, 5.41) is 1.09. The van der Waals surface area contributed by atoms with Gasteiger partial charge in [-0.3, -0.25) is 4.90 Å². The van der Waals surface area contributed by atoms with Crippen molar-refractivity contribution in [3.63, 3.8) is 0 Å². The second kappa shape index (κ2) is 8.73. The van der Waals surface area contributed by atoms with Crippen LogP contribution in [0.25, 0.3) is 10.2 Å². The largest absolute Gasteiger partial charge is 0.338 e. The van der Waals surface area contributed by atoms with Crippen LogP contribution in [-0.4, -0.2) is 64.1 Å². The molecule has 1 saturated heterocycles. The number of piperazine rings is 1. The molecular formula is C20H28N6OS2. The van der Waals surface area contributed by atoms with Crippen LogP contribution < -0.4 is 0 Å². The van der Waals surface area contributed by atoms with E-state index in [0.717, 1.165) is 36.7 Å². The number of nitrogens with zero attached hydrogens (tertiary/aromatic N) is 5. The molecule has 1 aromatic carbocycles. The number of hydrogen-bond acceptors (Lipinski definition) is 6. The summed E-state index contributed by atoms with van der Waals surface area (Å²) < 4.78 is 20.6. The highest BCUT2D eigenvalue weighted by molar-refractivity contribution is 7.95. The van der Waals surface area contributed by atoms with Gasteiger partial charge in [-0.25, -0.2) is 24.0 Å². The SMILES string of the molecule is C=N/C(=N\C=C(/C)S(C)(=N)=O)N1CCN(C(C)c2ccc3sc(C)nc3c2)CC1. The van der Waals surface area contributed by atoms with E-state index in [9.17, 15) is 4.21 Å². The predicted octanol–water partition coefficient (Wildman–Crippen LogP) is 3.88. The van der Waals surface area contributed by atoms with Crippen LogP contribution in [0, 0.1) is 11.7 Å². The van der Waals surface area contributed by atoms with Crippen LogP contribution in [0.3, 0.4) is 0 Å². The maximum absolute atomic E-state index is 11.8. The lowest BCUT2D eigenvalue weighted by atomic mass is 10.1. The number of rotatable bonds is 4. The Bertz CT molecular complexity index is 1060. The average molecular weight is 433 g/mol. The molecule has 3 rings (SSSR count). The molecule has 1 aliphatic heterocycles. The molecule has 2 heterocycles. The van der Waals surface area contributed by atoms with Gasteiger partial charge >= 0.3 is 0 Å². The smallest absolute Gasteiger partial charge is 0.224 e. The molecule has 0 saturated carbocycles. The predicted molar refractivity (Wildman–Crippen MR) is 123 cm³/mol. The lowest BCUT2D eigenvalue weighted by Crippen LogP contribution is -2.48. The van der Waals surface area contributed by atoms with Crippen molar-refractivity contribution >= 4 is 44.0 Å². The average Bonchev–Trinajstić information content (AvgIpc) is 3.06. The summed E-state index contributed by atoms with van der Waals surface area (Å²) in [6, 6.07) is 6.87. The van der Waals surface area contributed by atoms with Crippen molar-refractivity contribution in [2.75, 3.05) is 32.4 Å². The minimum atomic E-state index is -2.74. The zero-order chi connectivity index (χ0) is 21.2. The second-order valence-electron chi connectivity index (χ2n) is 7.33. The van der Waals surface area contributed by atoms with Crippen molar-refractivity contribution in [2.24, 2.45) is 9.98 Å². The van der Waals surface area contributed by atoms with Gasteiger partial charge in [-0.15, -0.1) is 11.3 Å². The summed E-state index contributed by atoms with van der Waals surface area (Å²) in [6.45, 7) is 12.9. The van der Waals surface area contributed by atoms with Gasteiger partial charge in [0.15, 0.2) is 0 Å². The summed E-state index contributed by atoms with van der Waals surface area (Å²) in [6.07, 6.45) is 2.86. The maximum atomic E-state index is 11.8. The molecule has 0 radical (unpaired) electrons. The van der Waals surface area contributed by atoms with Crippen LogP contribution in [0.5, 0.6) is 0 Å². The second-order valence-corrected chi connectivity index (χ2v) is 10.9. The molecule has 0 amide bonds. The van der Waals surface area contributed by atoms with Gasteiger partial charge in [-0.1, -0.05) is 6.07 Å². The number of aromatic nitrogens is 1. The molecule has 2 unspecified atom stereocenters.